The molecule has 0 amide bonds. The predicted molar refractivity (Wildman–Crippen MR) is 188 cm³/mol. The monoisotopic (exact) mass is 726 g/mol. The lowest BCUT2D eigenvalue weighted by Crippen LogP contribution is -2.60. The molecule has 1 fully saturated rings. The molecule has 1 aliphatic rings. The fourth-order valence-corrected chi connectivity index (χ4v) is 6.53. The summed E-state index contributed by atoms with van der Waals surface area (Å²) in [6.45, 7) is 3.93. The van der Waals surface area contributed by atoms with Crippen LogP contribution < -0.4 is 0 Å². The van der Waals surface area contributed by atoms with Crippen LogP contribution in [0.3, 0.4) is 0 Å². The van der Waals surface area contributed by atoms with Crippen LogP contribution in [0, 0.1) is 0 Å². The van der Waals surface area contributed by atoms with Gasteiger partial charge in [-0.1, -0.05) is 142 Å². The molecule has 1 rings (SSSR count). The number of unbranched alkanes of at least 4 members (excludes halogenated alkanes) is 20. The van der Waals surface area contributed by atoms with Crippen LogP contribution in [0.5, 0.6) is 0 Å². The van der Waals surface area contributed by atoms with Crippen molar-refractivity contribution in [3.05, 3.63) is 0 Å². The van der Waals surface area contributed by atoms with Crippen LogP contribution in [0.4, 0.5) is 0 Å². The summed E-state index contributed by atoms with van der Waals surface area (Å²) in [5.74, 6) is -0.400. The van der Waals surface area contributed by atoms with Gasteiger partial charge in [0.15, 0.2) is 6.29 Å². The van der Waals surface area contributed by atoms with Crippen molar-refractivity contribution in [1.82, 2.24) is 0 Å². The summed E-state index contributed by atoms with van der Waals surface area (Å²) in [7, 11) is -5.05. The molecule has 4 N–H and O–H groups in total. The van der Waals surface area contributed by atoms with Crippen molar-refractivity contribution < 1.29 is 56.2 Å². The first kappa shape index (κ1) is 46.1. The van der Waals surface area contributed by atoms with Crippen molar-refractivity contribution in [3.8, 4) is 0 Å². The number of aliphatic hydroxyl groups is 3. The van der Waals surface area contributed by atoms with Gasteiger partial charge < -0.3 is 34.3 Å². The fraction of sp³-hybridized carbons (Fsp3) is 0.972. The largest absolute Gasteiger partial charge is 0.457 e. The Bertz CT molecular complexity index is 889. The molecule has 0 aliphatic carbocycles. The Morgan fingerprint density at radius 2 is 1.16 bits per heavy atom. The maximum absolute atomic E-state index is 12.7. The van der Waals surface area contributed by atoms with Gasteiger partial charge >= 0.3 is 16.4 Å². The standard InChI is InChI=1S/C36H70O12S/c1-3-5-7-9-11-12-13-14-15-16-17-18-19-20-21-23-25-32(38)46-30(28-44-26-24-22-10-8-6-4-2)29-45-36-34(40)35(48-49(41,42)43)33(39)31(27-37)47-36/h30-31,33-37,39-40H,3-29H2,1-2H3,(H,41,42,43). The number of hydrogen-bond acceptors (Lipinski definition) is 11. The third-order valence-corrected chi connectivity index (χ3v) is 9.44. The zero-order valence-electron chi connectivity index (χ0n) is 30.5. The lowest BCUT2D eigenvalue weighted by Gasteiger charge is -2.41. The molecule has 292 valence electrons. The van der Waals surface area contributed by atoms with Crippen molar-refractivity contribution >= 4 is 16.4 Å². The number of rotatable bonds is 33. The average Bonchev–Trinajstić information content (AvgIpc) is 3.06. The molecule has 49 heavy (non-hydrogen) atoms. The van der Waals surface area contributed by atoms with Crippen LogP contribution >= 0.6 is 0 Å². The lowest BCUT2D eigenvalue weighted by atomic mass is 9.99. The summed E-state index contributed by atoms with van der Waals surface area (Å²) in [4.78, 5) is 12.7. The highest BCUT2D eigenvalue weighted by atomic mass is 32.3. The molecule has 1 aliphatic heterocycles. The molecule has 0 radical (unpaired) electrons. The molecule has 1 heterocycles. The van der Waals surface area contributed by atoms with E-state index in [1.54, 1.807) is 0 Å². The zero-order valence-corrected chi connectivity index (χ0v) is 31.3. The summed E-state index contributed by atoms with van der Waals surface area (Å²) >= 11 is 0. The highest BCUT2D eigenvalue weighted by molar-refractivity contribution is 7.80. The highest BCUT2D eigenvalue weighted by Gasteiger charge is 2.48. The molecular weight excluding hydrogens is 656 g/mol. The summed E-state index contributed by atoms with van der Waals surface area (Å²) < 4.78 is 58.5. The molecule has 13 heteroatoms. The lowest BCUT2D eigenvalue weighted by molar-refractivity contribution is -0.301. The Morgan fingerprint density at radius 3 is 1.63 bits per heavy atom. The molecule has 0 aromatic heterocycles. The van der Waals surface area contributed by atoms with Gasteiger partial charge in [-0.2, -0.15) is 8.42 Å². The topological polar surface area (TPSA) is 178 Å². The van der Waals surface area contributed by atoms with Crippen LogP contribution in [-0.4, -0.2) is 97.5 Å². The second kappa shape index (κ2) is 29.7. The van der Waals surface area contributed by atoms with Crippen LogP contribution in [0.1, 0.15) is 162 Å². The van der Waals surface area contributed by atoms with Crippen LogP contribution in [-0.2, 0) is 38.3 Å². The van der Waals surface area contributed by atoms with Gasteiger partial charge in [-0.3, -0.25) is 9.35 Å². The number of hydrogen-bond donors (Lipinski definition) is 4. The van der Waals surface area contributed by atoms with Crippen LogP contribution in [0.2, 0.25) is 0 Å². The summed E-state index contributed by atoms with van der Waals surface area (Å²) in [6, 6.07) is 0. The van der Waals surface area contributed by atoms with Gasteiger partial charge in [0, 0.05) is 13.0 Å². The van der Waals surface area contributed by atoms with E-state index < -0.39 is 59.8 Å². The molecule has 0 spiro atoms. The molecule has 12 nitrogen and oxygen atoms in total. The minimum absolute atomic E-state index is 0.0411. The van der Waals surface area contributed by atoms with Crippen molar-refractivity contribution in [2.45, 2.75) is 198 Å². The minimum Gasteiger partial charge on any atom is -0.457 e. The molecule has 6 unspecified atom stereocenters. The van der Waals surface area contributed by atoms with Gasteiger partial charge in [0.05, 0.1) is 19.8 Å². The molecule has 0 saturated carbocycles. The van der Waals surface area contributed by atoms with E-state index >= 15 is 0 Å². The SMILES string of the molecule is CCCCCCCCCCCCCCCCCCC(=O)OC(COCCCCCCCC)COC1OC(CO)C(O)C(OS(=O)(=O)O)C1O. The first-order chi connectivity index (χ1) is 23.6. The highest BCUT2D eigenvalue weighted by Crippen LogP contribution is 2.26. The van der Waals surface area contributed by atoms with E-state index in [0.29, 0.717) is 13.0 Å². The van der Waals surface area contributed by atoms with Gasteiger partial charge in [0.1, 0.15) is 30.5 Å². The van der Waals surface area contributed by atoms with E-state index in [2.05, 4.69) is 18.0 Å². The Morgan fingerprint density at radius 1 is 0.694 bits per heavy atom. The summed E-state index contributed by atoms with van der Waals surface area (Å²) in [5, 5.41) is 30.4. The van der Waals surface area contributed by atoms with E-state index in [-0.39, 0.29) is 19.6 Å². The number of esters is 1. The smallest absolute Gasteiger partial charge is 0.397 e. The first-order valence-corrected chi connectivity index (χ1v) is 20.7. The van der Waals surface area contributed by atoms with E-state index in [1.807, 2.05) is 0 Å². The van der Waals surface area contributed by atoms with Crippen molar-refractivity contribution in [2.24, 2.45) is 0 Å². The third-order valence-electron chi connectivity index (χ3n) is 8.98. The number of carbonyl (C=O) groups excluding carboxylic acids is 1. The third kappa shape index (κ3) is 24.1. The molecule has 1 saturated heterocycles. The van der Waals surface area contributed by atoms with E-state index in [0.717, 1.165) is 38.5 Å². The average molecular weight is 727 g/mol. The predicted octanol–water partition coefficient (Wildman–Crippen LogP) is 6.57. The summed E-state index contributed by atoms with van der Waals surface area (Å²) in [6.07, 6.45) is 17.5. The van der Waals surface area contributed by atoms with Gasteiger partial charge in [0.2, 0.25) is 0 Å². The maximum Gasteiger partial charge on any atom is 0.397 e. The Hall–Kier alpha value is -0.900. The van der Waals surface area contributed by atoms with Gasteiger partial charge in [-0.25, -0.2) is 4.18 Å². The quantitative estimate of drug-likeness (QED) is 0.0325. The number of ether oxygens (including phenoxy) is 4. The summed E-state index contributed by atoms with van der Waals surface area (Å²) in [5.41, 5.74) is 0. The second-order valence-corrected chi connectivity index (χ2v) is 14.6. The minimum atomic E-state index is -5.05. The van der Waals surface area contributed by atoms with Gasteiger partial charge in [-0.15, -0.1) is 0 Å². The second-order valence-electron chi connectivity index (χ2n) is 13.5. The van der Waals surface area contributed by atoms with E-state index in [4.69, 9.17) is 23.5 Å². The Balaban J connectivity index is 2.42. The number of aliphatic hydroxyl groups excluding tert-OH is 3. The Kier molecular flexibility index (Phi) is 27.9. The molecular formula is C36H70O12S. The van der Waals surface area contributed by atoms with Gasteiger partial charge in [-0.05, 0) is 12.8 Å². The van der Waals surface area contributed by atoms with Crippen LogP contribution in [0.15, 0.2) is 0 Å². The van der Waals surface area contributed by atoms with Crippen LogP contribution in [0.25, 0.3) is 0 Å². The van der Waals surface area contributed by atoms with E-state index in [9.17, 15) is 28.5 Å². The van der Waals surface area contributed by atoms with Gasteiger partial charge in [0.25, 0.3) is 0 Å². The zero-order chi connectivity index (χ0) is 36.2. The molecule has 0 bridgehead atoms. The number of carbonyl (C=O) groups is 1. The van der Waals surface area contributed by atoms with Crippen molar-refractivity contribution in [2.75, 3.05) is 26.4 Å². The maximum atomic E-state index is 12.7. The normalized spacial score (nSPS) is 22.0. The van der Waals surface area contributed by atoms with E-state index in [1.165, 1.54) is 96.3 Å². The van der Waals surface area contributed by atoms with Crippen molar-refractivity contribution in [3.63, 3.8) is 0 Å². The molecule has 6 atom stereocenters. The molecule has 0 aromatic rings. The first-order valence-electron chi connectivity index (χ1n) is 19.3. The Labute approximate surface area is 296 Å². The molecule has 0 aromatic carbocycles. The fourth-order valence-electron chi connectivity index (χ4n) is 6.02. The van der Waals surface area contributed by atoms with Crippen molar-refractivity contribution in [1.29, 1.82) is 0 Å².